The van der Waals surface area contributed by atoms with E-state index in [2.05, 4.69) is 61.2 Å². The molecule has 0 amide bonds. The van der Waals surface area contributed by atoms with E-state index in [0.717, 1.165) is 19.3 Å². The molecule has 0 saturated carbocycles. The minimum absolute atomic E-state index is 0. The van der Waals surface area contributed by atoms with Crippen LogP contribution in [0.2, 0.25) is 6.55 Å². The van der Waals surface area contributed by atoms with E-state index in [1.165, 1.54) is 0 Å². The first-order valence-corrected chi connectivity index (χ1v) is 8.90. The predicted octanol–water partition coefficient (Wildman–Crippen LogP) is 1.35. The molecule has 0 radical (unpaired) electrons. The van der Waals surface area contributed by atoms with Gasteiger partial charge in [-0.1, -0.05) is 76.8 Å². The SMILES string of the molecule is C[Si](C1=CC=CC1)(C1=CC=CC1)C1=CC=CC1.[Na+]. The molecule has 0 heterocycles. The molecule has 18 heavy (non-hydrogen) atoms. The average Bonchev–Trinajstić information content (AvgIpc) is 3.10. The zero-order chi connectivity index (χ0) is 11.7. The summed E-state index contributed by atoms with van der Waals surface area (Å²) in [7, 11) is -1.55. The molecule has 2 heteroatoms. The molecule has 0 spiro atoms. The van der Waals surface area contributed by atoms with Gasteiger partial charge in [0, 0.05) is 0 Å². The first-order valence-electron chi connectivity index (χ1n) is 6.40. The molecule has 3 rings (SSSR count). The maximum Gasteiger partial charge on any atom is 1.00 e. The van der Waals surface area contributed by atoms with Crippen molar-refractivity contribution >= 4 is 8.07 Å². The van der Waals surface area contributed by atoms with E-state index in [4.69, 9.17) is 0 Å². The molecular weight excluding hydrogens is 243 g/mol. The molecule has 0 nitrogen and oxygen atoms in total. The second-order valence-electron chi connectivity index (χ2n) is 5.10. The van der Waals surface area contributed by atoms with Crippen molar-refractivity contribution in [1.82, 2.24) is 0 Å². The molecule has 0 atom stereocenters. The quantitative estimate of drug-likeness (QED) is 0.673. The molecule has 0 aromatic heterocycles. The summed E-state index contributed by atoms with van der Waals surface area (Å²) in [6, 6.07) is 0. The molecule has 0 bridgehead atoms. The number of allylic oxidation sites excluding steroid dienone is 12. The van der Waals surface area contributed by atoms with E-state index in [0.29, 0.717) is 0 Å². The Hall–Kier alpha value is -0.343. The van der Waals surface area contributed by atoms with Gasteiger partial charge in [0.1, 0.15) is 8.07 Å². The van der Waals surface area contributed by atoms with Crippen LogP contribution >= 0.6 is 0 Å². The van der Waals surface area contributed by atoms with Crippen molar-refractivity contribution in [2.24, 2.45) is 0 Å². The maximum absolute atomic E-state index is 2.53. The first kappa shape index (κ1) is 14.1. The van der Waals surface area contributed by atoms with Crippen LogP contribution in [0.3, 0.4) is 0 Å². The molecule has 86 valence electrons. The summed E-state index contributed by atoms with van der Waals surface area (Å²) in [6.45, 7) is 2.53. The third-order valence-corrected chi connectivity index (χ3v) is 9.21. The summed E-state index contributed by atoms with van der Waals surface area (Å²) in [5.41, 5.74) is 0. The van der Waals surface area contributed by atoms with Crippen molar-refractivity contribution in [2.75, 3.05) is 0 Å². The molecular formula is C16H18NaSi+. The van der Waals surface area contributed by atoms with E-state index in [1.807, 2.05) is 0 Å². The number of rotatable bonds is 3. The van der Waals surface area contributed by atoms with Crippen molar-refractivity contribution in [3.8, 4) is 0 Å². The summed E-state index contributed by atoms with van der Waals surface area (Å²) in [6.07, 6.45) is 24.2. The van der Waals surface area contributed by atoms with E-state index < -0.39 is 8.07 Å². The topological polar surface area (TPSA) is 0 Å². The molecule has 0 fully saturated rings. The Labute approximate surface area is 133 Å². The Balaban J connectivity index is 0.00000120. The third kappa shape index (κ3) is 2.25. The average molecular weight is 261 g/mol. The second kappa shape index (κ2) is 5.75. The van der Waals surface area contributed by atoms with Gasteiger partial charge >= 0.3 is 29.6 Å². The van der Waals surface area contributed by atoms with Crippen LogP contribution in [0.4, 0.5) is 0 Å². The van der Waals surface area contributed by atoms with Crippen molar-refractivity contribution in [3.05, 3.63) is 70.3 Å². The van der Waals surface area contributed by atoms with Gasteiger partial charge in [0.25, 0.3) is 0 Å². The Morgan fingerprint density at radius 2 is 1.06 bits per heavy atom. The normalized spacial score (nSPS) is 20.8. The summed E-state index contributed by atoms with van der Waals surface area (Å²) in [4.78, 5) is 0. The largest absolute Gasteiger partial charge is 1.00 e. The van der Waals surface area contributed by atoms with Crippen molar-refractivity contribution < 1.29 is 29.6 Å². The monoisotopic (exact) mass is 261 g/mol. The standard InChI is InChI=1S/C16H18Si.Na/c1-17(14-8-2-3-9-14,15-10-4-5-11-15)16-12-6-7-13-16;/h2-8,10,12H,9,11,13H2,1H3;/q;+1. The van der Waals surface area contributed by atoms with Crippen molar-refractivity contribution in [2.45, 2.75) is 25.8 Å². The molecule has 3 aliphatic rings. The van der Waals surface area contributed by atoms with Crippen molar-refractivity contribution in [3.63, 3.8) is 0 Å². The third-order valence-electron chi connectivity index (χ3n) is 4.24. The van der Waals surface area contributed by atoms with Gasteiger partial charge in [-0.25, -0.2) is 0 Å². The van der Waals surface area contributed by atoms with E-state index in [9.17, 15) is 0 Å². The Kier molecular flexibility index (Phi) is 4.49. The van der Waals surface area contributed by atoms with Crippen LogP contribution in [-0.4, -0.2) is 8.07 Å². The first-order chi connectivity index (χ1) is 8.32. The van der Waals surface area contributed by atoms with Gasteiger partial charge in [-0.15, -0.1) is 0 Å². The van der Waals surface area contributed by atoms with E-state index >= 15 is 0 Å². The Morgan fingerprint density at radius 1 is 0.722 bits per heavy atom. The summed E-state index contributed by atoms with van der Waals surface area (Å²) in [5, 5.41) is 5.05. The molecule has 0 aromatic rings. The summed E-state index contributed by atoms with van der Waals surface area (Å²) in [5.74, 6) is 0. The molecule has 3 aliphatic carbocycles. The van der Waals surface area contributed by atoms with Gasteiger partial charge in [-0.3, -0.25) is 0 Å². The zero-order valence-electron chi connectivity index (χ0n) is 11.3. The maximum atomic E-state index is 2.53. The minimum atomic E-state index is -1.55. The summed E-state index contributed by atoms with van der Waals surface area (Å²) >= 11 is 0. The van der Waals surface area contributed by atoms with Crippen LogP contribution in [0, 0.1) is 0 Å². The van der Waals surface area contributed by atoms with E-state index in [1.54, 1.807) is 15.6 Å². The molecule has 0 aromatic carbocycles. The molecule has 0 unspecified atom stereocenters. The predicted molar refractivity (Wildman–Crippen MR) is 77.1 cm³/mol. The fourth-order valence-electron chi connectivity index (χ4n) is 3.07. The van der Waals surface area contributed by atoms with Crippen LogP contribution in [0.15, 0.2) is 70.3 Å². The van der Waals surface area contributed by atoms with Gasteiger partial charge in [0.05, 0.1) is 0 Å². The fraction of sp³-hybridized carbons (Fsp3) is 0.250. The van der Waals surface area contributed by atoms with Gasteiger partial charge in [0.15, 0.2) is 0 Å². The van der Waals surface area contributed by atoms with E-state index in [-0.39, 0.29) is 29.6 Å². The van der Waals surface area contributed by atoms with Crippen LogP contribution < -0.4 is 29.6 Å². The second-order valence-corrected chi connectivity index (χ2v) is 9.27. The van der Waals surface area contributed by atoms with Gasteiger partial charge in [0.2, 0.25) is 0 Å². The van der Waals surface area contributed by atoms with Gasteiger partial charge in [-0.05, 0) is 19.3 Å². The van der Waals surface area contributed by atoms with Crippen molar-refractivity contribution in [1.29, 1.82) is 0 Å². The van der Waals surface area contributed by atoms with Crippen LogP contribution in [-0.2, 0) is 0 Å². The Morgan fingerprint density at radius 3 is 1.28 bits per heavy atom. The van der Waals surface area contributed by atoms with Gasteiger partial charge < -0.3 is 0 Å². The fourth-order valence-corrected chi connectivity index (χ4v) is 7.18. The zero-order valence-corrected chi connectivity index (χ0v) is 14.3. The Bertz CT molecular complexity index is 441. The van der Waals surface area contributed by atoms with Crippen LogP contribution in [0.25, 0.3) is 0 Å². The van der Waals surface area contributed by atoms with Crippen LogP contribution in [0.1, 0.15) is 19.3 Å². The molecule has 0 saturated heterocycles. The smallest absolute Gasteiger partial charge is 0.0808 e. The van der Waals surface area contributed by atoms with Crippen LogP contribution in [0.5, 0.6) is 0 Å². The minimum Gasteiger partial charge on any atom is -0.0808 e. The number of hydrogen-bond acceptors (Lipinski definition) is 0. The number of hydrogen-bond donors (Lipinski definition) is 0. The van der Waals surface area contributed by atoms with Gasteiger partial charge in [-0.2, -0.15) is 0 Å². The molecule has 0 N–H and O–H groups in total. The molecule has 0 aliphatic heterocycles. The summed E-state index contributed by atoms with van der Waals surface area (Å²) < 4.78 is 0.